The lowest BCUT2D eigenvalue weighted by Crippen LogP contribution is -2.35. The quantitative estimate of drug-likeness (QED) is 0.434. The van der Waals surface area contributed by atoms with Crippen LogP contribution in [-0.4, -0.2) is 57.3 Å². The fourth-order valence-corrected chi connectivity index (χ4v) is 4.85. The molecule has 0 fully saturated rings. The number of alkyl halides is 2. The van der Waals surface area contributed by atoms with E-state index in [1.54, 1.807) is 28.4 Å². The van der Waals surface area contributed by atoms with E-state index < -0.39 is 17.1 Å². The topological polar surface area (TPSA) is 36.9 Å². The lowest BCUT2D eigenvalue weighted by Gasteiger charge is -2.21. The van der Waals surface area contributed by atoms with E-state index in [-0.39, 0.29) is 0 Å². The third-order valence-corrected chi connectivity index (χ3v) is 9.77. The molecule has 0 aliphatic heterocycles. The largest absolute Gasteiger partial charge is 0.398 e. The van der Waals surface area contributed by atoms with Crippen molar-refractivity contribution in [2.24, 2.45) is 0 Å². The summed E-state index contributed by atoms with van der Waals surface area (Å²) in [7, 11) is 3.19. The predicted molar refractivity (Wildman–Crippen MR) is 91.6 cm³/mol. The lowest BCUT2D eigenvalue weighted by molar-refractivity contribution is 0.249. The molecule has 0 radical (unpaired) electrons. The number of rotatable bonds is 10. The van der Waals surface area contributed by atoms with E-state index in [1.165, 1.54) is 0 Å². The highest BCUT2D eigenvalue weighted by atomic mass is 35.5. The second-order valence-electron chi connectivity index (χ2n) is 4.67. The van der Waals surface area contributed by atoms with Gasteiger partial charge >= 0.3 is 17.1 Å². The van der Waals surface area contributed by atoms with Crippen molar-refractivity contribution in [1.29, 1.82) is 0 Å². The normalized spacial score (nSPS) is 12.0. The zero-order valence-corrected chi connectivity index (χ0v) is 17.1. The molecule has 0 unspecified atom stereocenters. The van der Waals surface area contributed by atoms with Crippen molar-refractivity contribution in [1.82, 2.24) is 0 Å². The third-order valence-electron chi connectivity index (χ3n) is 3.26. The van der Waals surface area contributed by atoms with Gasteiger partial charge in [0, 0.05) is 40.2 Å². The summed E-state index contributed by atoms with van der Waals surface area (Å²) in [6.07, 6.45) is 1.96. The average Bonchev–Trinajstić information content (AvgIpc) is 2.50. The van der Waals surface area contributed by atoms with Gasteiger partial charge in [-0.3, -0.25) is 0 Å². The van der Waals surface area contributed by atoms with Crippen LogP contribution in [0.25, 0.3) is 0 Å². The highest BCUT2D eigenvalue weighted by Gasteiger charge is 2.27. The van der Waals surface area contributed by atoms with E-state index in [1.807, 2.05) is 13.1 Å². The fraction of sp³-hybridized carbons (Fsp3) is 1.00. The first-order valence-corrected chi connectivity index (χ1v) is 12.8. The third kappa shape index (κ3) is 11.5. The molecule has 8 heteroatoms. The Bertz CT molecular complexity index is 194. The smallest absolute Gasteiger partial charge is 0.334 e. The van der Waals surface area contributed by atoms with E-state index >= 15 is 0 Å². The summed E-state index contributed by atoms with van der Waals surface area (Å²) < 4.78 is 21.0. The van der Waals surface area contributed by atoms with Crippen molar-refractivity contribution in [3.05, 3.63) is 0 Å². The minimum atomic E-state index is -1.80. The van der Waals surface area contributed by atoms with Crippen LogP contribution in [0.2, 0.25) is 25.2 Å². The SMILES string of the molecule is CO[Si](C)(CCCCl)OC.CO[Si](C)(CCCCl)OC. The minimum Gasteiger partial charge on any atom is -0.398 e. The molecular weight excluding hydrogens is 335 g/mol. The zero-order valence-electron chi connectivity index (χ0n) is 13.6. The van der Waals surface area contributed by atoms with Gasteiger partial charge in [-0.15, -0.1) is 23.2 Å². The molecule has 0 N–H and O–H groups in total. The number of hydrogen-bond acceptors (Lipinski definition) is 4. The second-order valence-corrected chi connectivity index (χ2v) is 12.6. The molecule has 0 saturated carbocycles. The van der Waals surface area contributed by atoms with Crippen molar-refractivity contribution in [2.45, 2.75) is 38.0 Å². The molecule has 0 atom stereocenters. The highest BCUT2D eigenvalue weighted by Crippen LogP contribution is 2.14. The van der Waals surface area contributed by atoms with Gasteiger partial charge in [-0.1, -0.05) is 0 Å². The van der Waals surface area contributed by atoms with Crippen molar-refractivity contribution >= 4 is 40.3 Å². The summed E-state index contributed by atoms with van der Waals surface area (Å²) in [5.74, 6) is 1.38. The van der Waals surface area contributed by atoms with Crippen molar-refractivity contribution in [2.75, 3.05) is 40.2 Å². The molecule has 0 saturated heterocycles. The highest BCUT2D eigenvalue weighted by molar-refractivity contribution is 6.66. The molecule has 0 aromatic heterocycles. The Morgan fingerprint density at radius 2 is 0.900 bits per heavy atom. The summed E-state index contributed by atoms with van der Waals surface area (Å²) in [6.45, 7) is 4.08. The molecule has 0 heterocycles. The van der Waals surface area contributed by atoms with E-state index in [2.05, 4.69) is 0 Å². The second kappa shape index (κ2) is 13.5. The first-order valence-electron chi connectivity index (χ1n) is 6.69. The maximum absolute atomic E-state index is 5.53. The first-order chi connectivity index (χ1) is 9.36. The Kier molecular flexibility index (Phi) is 15.6. The van der Waals surface area contributed by atoms with Crippen LogP contribution in [-0.2, 0) is 17.7 Å². The fourth-order valence-electron chi connectivity index (χ4n) is 1.35. The van der Waals surface area contributed by atoms with Crippen LogP contribution in [0.4, 0.5) is 0 Å². The van der Waals surface area contributed by atoms with Gasteiger partial charge in [0.05, 0.1) is 0 Å². The average molecular weight is 365 g/mol. The molecular formula is C12H30Cl2O4Si2. The van der Waals surface area contributed by atoms with Gasteiger partial charge in [0.15, 0.2) is 0 Å². The van der Waals surface area contributed by atoms with Crippen LogP contribution in [0.15, 0.2) is 0 Å². The standard InChI is InChI=1S/2C6H15ClO2Si/c2*1-8-10(3,9-2)6-4-5-7/h2*4-6H2,1-3H3. The Labute approximate surface area is 136 Å². The molecule has 0 aliphatic rings. The van der Waals surface area contributed by atoms with Crippen molar-refractivity contribution < 1.29 is 17.7 Å². The Morgan fingerprint density at radius 3 is 1.05 bits per heavy atom. The monoisotopic (exact) mass is 364 g/mol. The molecule has 0 aromatic carbocycles. The van der Waals surface area contributed by atoms with Crippen molar-refractivity contribution in [3.8, 4) is 0 Å². The molecule has 124 valence electrons. The maximum Gasteiger partial charge on any atom is 0.334 e. The van der Waals surface area contributed by atoms with Crippen LogP contribution < -0.4 is 0 Å². The summed E-state index contributed by atoms with van der Waals surface area (Å²) in [6, 6.07) is 1.95. The number of halogens is 2. The van der Waals surface area contributed by atoms with Crippen LogP contribution in [0.3, 0.4) is 0 Å². The van der Waals surface area contributed by atoms with Crippen LogP contribution in [0.5, 0.6) is 0 Å². The molecule has 0 aromatic rings. The lowest BCUT2D eigenvalue weighted by atomic mass is 10.6. The van der Waals surface area contributed by atoms with E-state index in [0.717, 1.165) is 24.9 Å². The zero-order chi connectivity index (χ0) is 16.1. The molecule has 0 rings (SSSR count). The van der Waals surface area contributed by atoms with Gasteiger partial charge in [0.25, 0.3) is 0 Å². The van der Waals surface area contributed by atoms with Gasteiger partial charge < -0.3 is 17.7 Å². The van der Waals surface area contributed by atoms with Gasteiger partial charge in [0.1, 0.15) is 0 Å². The predicted octanol–water partition coefficient (Wildman–Crippen LogP) is 3.96. The van der Waals surface area contributed by atoms with Gasteiger partial charge in [-0.25, -0.2) is 0 Å². The van der Waals surface area contributed by atoms with Crippen LogP contribution in [0, 0.1) is 0 Å². The summed E-state index contributed by atoms with van der Waals surface area (Å²) in [5, 5.41) is 0. The minimum absolute atomic E-state index is 0.690. The van der Waals surface area contributed by atoms with Gasteiger partial charge in [-0.05, 0) is 38.0 Å². The Balaban J connectivity index is 0. The molecule has 4 nitrogen and oxygen atoms in total. The molecule has 20 heavy (non-hydrogen) atoms. The summed E-state index contributed by atoms with van der Waals surface area (Å²) in [5.41, 5.74) is 0. The van der Waals surface area contributed by atoms with Crippen molar-refractivity contribution in [3.63, 3.8) is 0 Å². The van der Waals surface area contributed by atoms with E-state index in [9.17, 15) is 0 Å². The molecule has 0 amide bonds. The first kappa shape index (κ1) is 23.1. The number of hydrogen-bond donors (Lipinski definition) is 0. The maximum atomic E-state index is 5.53. The molecule has 0 spiro atoms. The Hall–Kier alpha value is 0.854. The van der Waals surface area contributed by atoms with Crippen LogP contribution >= 0.6 is 23.2 Å². The van der Waals surface area contributed by atoms with Gasteiger partial charge in [0.2, 0.25) is 0 Å². The van der Waals surface area contributed by atoms with E-state index in [4.69, 9.17) is 40.9 Å². The van der Waals surface area contributed by atoms with Crippen LogP contribution in [0.1, 0.15) is 12.8 Å². The van der Waals surface area contributed by atoms with Gasteiger partial charge in [-0.2, -0.15) is 0 Å². The summed E-state index contributed by atoms with van der Waals surface area (Å²) >= 11 is 11.1. The van der Waals surface area contributed by atoms with E-state index in [0.29, 0.717) is 11.8 Å². The Morgan fingerprint density at radius 1 is 0.650 bits per heavy atom. The molecule has 0 bridgehead atoms. The summed E-state index contributed by atoms with van der Waals surface area (Å²) in [4.78, 5) is 0. The molecule has 0 aliphatic carbocycles.